The van der Waals surface area contributed by atoms with Crippen LogP contribution in [0.4, 0.5) is 8.78 Å². The van der Waals surface area contributed by atoms with Crippen LogP contribution in [0, 0.1) is 5.41 Å². The van der Waals surface area contributed by atoms with Crippen LogP contribution < -0.4 is 5.32 Å². The van der Waals surface area contributed by atoms with Crippen molar-refractivity contribution >= 4 is 17.1 Å². The number of likely N-dealkylation sites (tertiary alicyclic amines) is 1. The lowest BCUT2D eigenvalue weighted by Crippen LogP contribution is -2.55. The zero-order valence-electron chi connectivity index (χ0n) is 19.1. The number of halogens is 2. The molecule has 1 aliphatic carbocycles. The zero-order valence-corrected chi connectivity index (χ0v) is 19.1. The number of aryl methyl sites for hydroxylation is 1. The van der Waals surface area contributed by atoms with Crippen molar-refractivity contribution in [3.63, 3.8) is 0 Å². The lowest BCUT2D eigenvalue weighted by molar-refractivity contribution is -0.142. The minimum absolute atomic E-state index is 0.0962. The third-order valence-electron chi connectivity index (χ3n) is 6.51. The molecule has 2 aromatic rings. The third-order valence-corrected chi connectivity index (χ3v) is 6.51. The van der Waals surface area contributed by atoms with Crippen LogP contribution in [0.3, 0.4) is 0 Å². The number of piperidine rings is 1. The molecule has 0 spiro atoms. The second-order valence-electron chi connectivity index (χ2n) is 10.3. The van der Waals surface area contributed by atoms with Gasteiger partial charge in [-0.15, -0.1) is 0 Å². The van der Waals surface area contributed by atoms with Gasteiger partial charge in [-0.3, -0.25) is 10.1 Å². The van der Waals surface area contributed by atoms with Gasteiger partial charge < -0.3 is 9.47 Å². The normalized spacial score (nSPS) is 21.3. The molecule has 31 heavy (non-hydrogen) atoms. The molecular formula is C23H33F2N5O. The Hall–Kier alpha value is -2.09. The Morgan fingerprint density at radius 3 is 2.48 bits per heavy atom. The number of hydrogen-bond donors (Lipinski definition) is 1. The van der Waals surface area contributed by atoms with Gasteiger partial charge in [0.15, 0.2) is 5.65 Å². The van der Waals surface area contributed by atoms with E-state index in [0.29, 0.717) is 5.92 Å². The molecule has 1 unspecified atom stereocenters. The largest absolute Gasteiger partial charge is 0.341 e. The smallest absolute Gasteiger partial charge is 0.251 e. The first-order valence-corrected chi connectivity index (χ1v) is 11.2. The number of rotatable bonds is 5. The average molecular weight is 434 g/mol. The molecular weight excluding hydrogens is 400 g/mol. The highest BCUT2D eigenvalue weighted by Gasteiger charge is 2.41. The Morgan fingerprint density at radius 2 is 1.90 bits per heavy atom. The van der Waals surface area contributed by atoms with Gasteiger partial charge in [0, 0.05) is 56.7 Å². The predicted molar refractivity (Wildman–Crippen MR) is 116 cm³/mol. The van der Waals surface area contributed by atoms with Crippen molar-refractivity contribution in [2.45, 2.75) is 77.3 Å². The summed E-state index contributed by atoms with van der Waals surface area (Å²) < 4.78 is 29.1. The van der Waals surface area contributed by atoms with E-state index in [1.165, 1.54) is 0 Å². The van der Waals surface area contributed by atoms with Gasteiger partial charge in [0.05, 0.1) is 17.9 Å². The summed E-state index contributed by atoms with van der Waals surface area (Å²) in [6.07, 6.45) is 5.67. The van der Waals surface area contributed by atoms with Crippen LogP contribution in [0.2, 0.25) is 0 Å². The van der Waals surface area contributed by atoms with Gasteiger partial charge in [-0.05, 0) is 25.2 Å². The van der Waals surface area contributed by atoms with Crippen molar-refractivity contribution in [3.8, 4) is 0 Å². The SMILES string of the molecule is CC(N[C@@H](C(=O)N1CCC(F)(F)CC1)C(C)(C)C)c1cn(C)c2ncc(C3CC3)nc12. The van der Waals surface area contributed by atoms with Crippen molar-refractivity contribution in [1.29, 1.82) is 0 Å². The van der Waals surface area contributed by atoms with E-state index in [2.05, 4.69) is 10.3 Å². The van der Waals surface area contributed by atoms with E-state index in [0.717, 1.165) is 35.3 Å². The molecule has 2 aromatic heterocycles. The Morgan fingerprint density at radius 1 is 1.26 bits per heavy atom. The molecule has 1 amide bonds. The maximum atomic E-state index is 13.6. The first kappa shape index (κ1) is 22.1. The zero-order chi connectivity index (χ0) is 22.6. The van der Waals surface area contributed by atoms with Crippen molar-refractivity contribution < 1.29 is 13.6 Å². The number of alkyl halides is 2. The van der Waals surface area contributed by atoms with Crippen LogP contribution in [0.25, 0.3) is 11.2 Å². The number of fused-ring (bicyclic) bond motifs is 1. The standard InChI is InChI=1S/C23H33F2N5O/c1-14(16-13-29(5)20-18(16)28-17(12-26-20)15-6-7-15)27-19(22(2,3)4)21(31)30-10-8-23(24,25)9-11-30/h12-15,19,27H,6-11H2,1-5H3/t14?,19-/m0/s1. The number of nitrogens with zero attached hydrogens (tertiary/aromatic N) is 4. The molecule has 0 bridgehead atoms. The monoisotopic (exact) mass is 433 g/mol. The summed E-state index contributed by atoms with van der Waals surface area (Å²) in [5.41, 5.74) is 3.35. The first-order valence-electron chi connectivity index (χ1n) is 11.2. The van der Waals surface area contributed by atoms with Gasteiger partial charge in [0.25, 0.3) is 5.92 Å². The fourth-order valence-corrected chi connectivity index (χ4v) is 4.34. The summed E-state index contributed by atoms with van der Waals surface area (Å²) in [7, 11) is 1.95. The highest BCUT2D eigenvalue weighted by Crippen LogP contribution is 2.39. The summed E-state index contributed by atoms with van der Waals surface area (Å²) in [6.45, 7) is 8.22. The van der Waals surface area contributed by atoms with Crippen LogP contribution >= 0.6 is 0 Å². The van der Waals surface area contributed by atoms with Crippen molar-refractivity contribution in [3.05, 3.63) is 23.7 Å². The molecule has 0 radical (unpaired) electrons. The molecule has 8 heteroatoms. The van der Waals surface area contributed by atoms with E-state index >= 15 is 0 Å². The highest BCUT2D eigenvalue weighted by atomic mass is 19.3. The molecule has 2 atom stereocenters. The maximum absolute atomic E-state index is 13.6. The molecule has 6 nitrogen and oxygen atoms in total. The topological polar surface area (TPSA) is 63.1 Å². The molecule has 1 saturated heterocycles. The number of aromatic nitrogens is 3. The van der Waals surface area contributed by atoms with Crippen molar-refractivity contribution in [2.75, 3.05) is 13.1 Å². The van der Waals surface area contributed by atoms with Crippen molar-refractivity contribution in [1.82, 2.24) is 24.8 Å². The molecule has 1 saturated carbocycles. The maximum Gasteiger partial charge on any atom is 0.251 e. The predicted octanol–water partition coefficient (Wildman–Crippen LogP) is 4.17. The number of hydrogen-bond acceptors (Lipinski definition) is 4. The first-order chi connectivity index (χ1) is 14.5. The molecule has 0 aromatic carbocycles. The van der Waals surface area contributed by atoms with Gasteiger partial charge in [-0.25, -0.2) is 18.7 Å². The number of nitrogens with one attached hydrogen (secondary N) is 1. The third kappa shape index (κ3) is 4.59. The fourth-order valence-electron chi connectivity index (χ4n) is 4.34. The van der Waals surface area contributed by atoms with Gasteiger partial charge >= 0.3 is 0 Å². The van der Waals surface area contributed by atoms with E-state index in [1.807, 2.05) is 51.7 Å². The van der Waals surface area contributed by atoms with Crippen LogP contribution in [-0.4, -0.2) is 50.4 Å². The molecule has 170 valence electrons. The van der Waals surface area contributed by atoms with Crippen LogP contribution in [0.5, 0.6) is 0 Å². The molecule has 1 aliphatic heterocycles. The van der Waals surface area contributed by atoms with E-state index in [9.17, 15) is 13.6 Å². The van der Waals surface area contributed by atoms with Gasteiger partial charge in [0.2, 0.25) is 5.91 Å². The average Bonchev–Trinajstić information content (AvgIpc) is 3.48. The number of carbonyl (C=O) groups is 1. The molecule has 2 aliphatic rings. The van der Waals surface area contributed by atoms with Crippen LogP contribution in [0.1, 0.15) is 76.6 Å². The van der Waals surface area contributed by atoms with Gasteiger partial charge in [-0.2, -0.15) is 0 Å². The quantitative estimate of drug-likeness (QED) is 0.769. The summed E-state index contributed by atoms with van der Waals surface area (Å²) in [5.74, 6) is -2.27. The van der Waals surface area contributed by atoms with Gasteiger partial charge in [0.1, 0.15) is 5.52 Å². The van der Waals surface area contributed by atoms with Crippen LogP contribution in [0.15, 0.2) is 12.4 Å². The molecule has 2 fully saturated rings. The van der Waals surface area contributed by atoms with E-state index in [-0.39, 0.29) is 43.3 Å². The van der Waals surface area contributed by atoms with E-state index < -0.39 is 12.0 Å². The minimum atomic E-state index is -2.67. The summed E-state index contributed by atoms with van der Waals surface area (Å²) in [6, 6.07) is -0.643. The summed E-state index contributed by atoms with van der Waals surface area (Å²) in [4.78, 5) is 24.4. The fraction of sp³-hybridized carbons (Fsp3) is 0.696. The molecule has 1 N–H and O–H groups in total. The highest BCUT2D eigenvalue weighted by molar-refractivity contribution is 5.83. The Kier molecular flexibility index (Phi) is 5.56. The second-order valence-corrected chi connectivity index (χ2v) is 10.3. The second kappa shape index (κ2) is 7.80. The number of amides is 1. The Bertz CT molecular complexity index is 966. The Balaban J connectivity index is 1.58. The number of carbonyl (C=O) groups excluding carboxylic acids is 1. The van der Waals surface area contributed by atoms with Crippen molar-refractivity contribution in [2.24, 2.45) is 12.5 Å². The minimum Gasteiger partial charge on any atom is -0.341 e. The lowest BCUT2D eigenvalue weighted by atomic mass is 9.84. The summed E-state index contributed by atoms with van der Waals surface area (Å²) in [5, 5.41) is 3.50. The Labute approximate surface area is 182 Å². The van der Waals surface area contributed by atoms with E-state index in [1.54, 1.807) is 4.90 Å². The lowest BCUT2D eigenvalue weighted by Gasteiger charge is -2.39. The van der Waals surface area contributed by atoms with Gasteiger partial charge in [-0.1, -0.05) is 20.8 Å². The molecule has 3 heterocycles. The van der Waals surface area contributed by atoms with E-state index in [4.69, 9.17) is 4.98 Å². The molecule has 4 rings (SSSR count). The van der Waals surface area contributed by atoms with Crippen LogP contribution in [-0.2, 0) is 11.8 Å². The summed E-state index contributed by atoms with van der Waals surface area (Å²) >= 11 is 0.